The smallest absolute Gasteiger partial charge is 0.250 e. The Morgan fingerprint density at radius 1 is 1.03 bits per heavy atom. The number of rotatable bonds is 4. The van der Waals surface area contributed by atoms with Gasteiger partial charge >= 0.3 is 0 Å². The SMILES string of the molecule is O=C(CCc1ccc(-c2cccc(Cl)c2Cl)o1)N1CC2CC(C1)c1cccc(=O)n1C2. The number of furan rings is 1. The van der Waals surface area contributed by atoms with Crippen molar-refractivity contribution in [2.24, 2.45) is 5.92 Å². The fraction of sp³-hybridized carbons (Fsp3) is 0.333. The average molecular weight is 457 g/mol. The molecule has 2 atom stereocenters. The Labute approximate surface area is 190 Å². The highest BCUT2D eigenvalue weighted by Gasteiger charge is 2.36. The molecule has 1 fully saturated rings. The number of benzene rings is 1. The van der Waals surface area contributed by atoms with Crippen molar-refractivity contribution in [3.63, 3.8) is 0 Å². The molecule has 0 radical (unpaired) electrons. The van der Waals surface area contributed by atoms with Gasteiger partial charge in [-0.3, -0.25) is 9.59 Å². The van der Waals surface area contributed by atoms with Crippen molar-refractivity contribution in [1.29, 1.82) is 0 Å². The van der Waals surface area contributed by atoms with E-state index in [1.807, 2.05) is 45.9 Å². The minimum absolute atomic E-state index is 0.0559. The van der Waals surface area contributed by atoms with Crippen molar-refractivity contribution in [3.8, 4) is 11.3 Å². The minimum Gasteiger partial charge on any atom is -0.461 e. The maximum absolute atomic E-state index is 12.9. The van der Waals surface area contributed by atoms with Crippen molar-refractivity contribution in [2.75, 3.05) is 13.1 Å². The lowest BCUT2D eigenvalue weighted by Crippen LogP contribution is -2.49. The summed E-state index contributed by atoms with van der Waals surface area (Å²) in [5, 5.41) is 0.937. The minimum atomic E-state index is 0.0559. The molecule has 1 saturated heterocycles. The second-order valence-corrected chi connectivity index (χ2v) is 9.15. The molecule has 2 aromatic heterocycles. The van der Waals surface area contributed by atoms with E-state index in [1.54, 1.807) is 12.1 Å². The fourth-order valence-electron chi connectivity index (χ4n) is 4.84. The van der Waals surface area contributed by atoms with Crippen LogP contribution in [0.25, 0.3) is 11.3 Å². The first-order chi connectivity index (χ1) is 15.0. The second kappa shape index (κ2) is 8.21. The Hall–Kier alpha value is -2.50. The number of hydrogen-bond acceptors (Lipinski definition) is 3. The van der Waals surface area contributed by atoms with Crippen molar-refractivity contribution in [3.05, 3.63) is 80.4 Å². The van der Waals surface area contributed by atoms with Gasteiger partial charge in [-0.05, 0) is 42.7 Å². The summed E-state index contributed by atoms with van der Waals surface area (Å²) >= 11 is 12.4. The zero-order chi connectivity index (χ0) is 21.5. The number of carbonyl (C=O) groups is 1. The summed E-state index contributed by atoms with van der Waals surface area (Å²) in [5.41, 5.74) is 1.85. The Morgan fingerprint density at radius 3 is 2.74 bits per heavy atom. The number of halogens is 2. The highest BCUT2D eigenvalue weighted by molar-refractivity contribution is 6.43. The van der Waals surface area contributed by atoms with E-state index in [1.165, 1.54) is 0 Å². The van der Waals surface area contributed by atoms with Gasteiger partial charge in [0.2, 0.25) is 5.91 Å². The number of fused-ring (bicyclic) bond motifs is 4. The van der Waals surface area contributed by atoms with Gasteiger partial charge in [0.05, 0.1) is 10.0 Å². The third-order valence-electron chi connectivity index (χ3n) is 6.30. The summed E-state index contributed by atoms with van der Waals surface area (Å²) in [6, 6.07) is 14.6. The van der Waals surface area contributed by atoms with Crippen LogP contribution in [-0.4, -0.2) is 28.5 Å². The summed E-state index contributed by atoms with van der Waals surface area (Å²) in [6.07, 6.45) is 1.95. The fourth-order valence-corrected chi connectivity index (χ4v) is 5.23. The zero-order valence-corrected chi connectivity index (χ0v) is 18.4. The molecule has 2 aliphatic heterocycles. The van der Waals surface area contributed by atoms with E-state index in [0.717, 1.165) is 23.4 Å². The molecular formula is C24H22Cl2N2O3. The predicted octanol–water partition coefficient (Wildman–Crippen LogP) is 4.99. The number of likely N-dealkylation sites (tertiary alicyclic amines) is 1. The largest absolute Gasteiger partial charge is 0.461 e. The second-order valence-electron chi connectivity index (χ2n) is 8.36. The molecule has 160 valence electrons. The number of aryl methyl sites for hydroxylation is 1. The Bertz CT molecular complexity index is 1200. The summed E-state index contributed by atoms with van der Waals surface area (Å²) < 4.78 is 7.81. The topological polar surface area (TPSA) is 55.5 Å². The summed E-state index contributed by atoms with van der Waals surface area (Å²) in [7, 11) is 0. The van der Waals surface area contributed by atoms with Crippen LogP contribution in [0.1, 0.15) is 30.2 Å². The third kappa shape index (κ3) is 3.92. The van der Waals surface area contributed by atoms with Crippen LogP contribution in [0, 0.1) is 5.92 Å². The monoisotopic (exact) mass is 456 g/mol. The first kappa shape index (κ1) is 20.4. The van der Waals surface area contributed by atoms with Gasteiger partial charge in [-0.15, -0.1) is 0 Å². The van der Waals surface area contributed by atoms with Gasteiger partial charge in [0, 0.05) is 55.7 Å². The summed E-state index contributed by atoms with van der Waals surface area (Å²) in [4.78, 5) is 27.1. The first-order valence-electron chi connectivity index (χ1n) is 10.5. The number of carbonyl (C=O) groups excluding carboxylic acids is 1. The van der Waals surface area contributed by atoms with Gasteiger partial charge in [-0.2, -0.15) is 0 Å². The van der Waals surface area contributed by atoms with Crippen molar-refractivity contribution >= 4 is 29.1 Å². The van der Waals surface area contributed by atoms with E-state index < -0.39 is 0 Å². The van der Waals surface area contributed by atoms with Gasteiger partial charge in [-0.1, -0.05) is 35.3 Å². The van der Waals surface area contributed by atoms with E-state index in [2.05, 4.69) is 0 Å². The molecule has 2 bridgehead atoms. The van der Waals surface area contributed by atoms with E-state index in [9.17, 15) is 9.59 Å². The third-order valence-corrected chi connectivity index (χ3v) is 7.12. The maximum atomic E-state index is 12.9. The normalized spacial score (nSPS) is 19.9. The highest BCUT2D eigenvalue weighted by Crippen LogP contribution is 2.36. The van der Waals surface area contributed by atoms with Crippen LogP contribution < -0.4 is 5.56 Å². The molecule has 5 nitrogen and oxygen atoms in total. The number of pyridine rings is 1. The van der Waals surface area contributed by atoms with E-state index >= 15 is 0 Å². The molecule has 5 rings (SSSR count). The van der Waals surface area contributed by atoms with Gasteiger partial charge in [0.15, 0.2) is 0 Å². The Morgan fingerprint density at radius 2 is 1.87 bits per heavy atom. The number of aromatic nitrogens is 1. The van der Waals surface area contributed by atoms with Gasteiger partial charge in [-0.25, -0.2) is 0 Å². The molecule has 2 aliphatic rings. The molecule has 1 amide bonds. The summed E-state index contributed by atoms with van der Waals surface area (Å²) in [6.45, 7) is 2.06. The van der Waals surface area contributed by atoms with E-state index in [-0.39, 0.29) is 17.4 Å². The molecule has 4 heterocycles. The van der Waals surface area contributed by atoms with Crippen LogP contribution in [0.15, 0.2) is 57.7 Å². The summed E-state index contributed by atoms with van der Waals surface area (Å²) in [5.74, 6) is 2.07. The highest BCUT2D eigenvalue weighted by atomic mass is 35.5. The lowest BCUT2D eigenvalue weighted by molar-refractivity contribution is -0.134. The van der Waals surface area contributed by atoms with Crippen molar-refractivity contribution < 1.29 is 9.21 Å². The van der Waals surface area contributed by atoms with Crippen LogP contribution in [0.4, 0.5) is 0 Å². The standard InChI is InChI=1S/C24H22Cl2N2O3/c25-19-4-1-3-18(24(19)26)21-9-7-17(31-21)8-10-22(29)27-12-15-11-16(14-27)20-5-2-6-23(30)28(20)13-15/h1-7,9,15-16H,8,10-14H2. The van der Waals surface area contributed by atoms with Gasteiger partial charge in [0.25, 0.3) is 5.56 Å². The van der Waals surface area contributed by atoms with Gasteiger partial charge < -0.3 is 13.9 Å². The molecule has 31 heavy (non-hydrogen) atoms. The molecule has 0 spiro atoms. The Balaban J connectivity index is 1.25. The first-order valence-corrected chi connectivity index (χ1v) is 11.3. The lowest BCUT2D eigenvalue weighted by Gasteiger charge is -2.42. The van der Waals surface area contributed by atoms with E-state index in [4.69, 9.17) is 27.6 Å². The van der Waals surface area contributed by atoms with Crippen LogP contribution in [-0.2, 0) is 17.8 Å². The van der Waals surface area contributed by atoms with Crippen molar-refractivity contribution in [1.82, 2.24) is 9.47 Å². The molecular weight excluding hydrogens is 435 g/mol. The lowest BCUT2D eigenvalue weighted by atomic mass is 9.83. The van der Waals surface area contributed by atoms with Crippen LogP contribution >= 0.6 is 23.2 Å². The molecule has 0 aliphatic carbocycles. The Kier molecular flexibility index (Phi) is 5.40. The molecule has 0 N–H and O–H groups in total. The predicted molar refractivity (Wildman–Crippen MR) is 121 cm³/mol. The maximum Gasteiger partial charge on any atom is 0.250 e. The van der Waals surface area contributed by atoms with Crippen molar-refractivity contribution in [2.45, 2.75) is 31.7 Å². The molecule has 3 aromatic rings. The number of nitrogens with zero attached hydrogens (tertiary/aromatic N) is 2. The molecule has 1 aromatic carbocycles. The molecule has 7 heteroatoms. The quantitative estimate of drug-likeness (QED) is 0.555. The average Bonchev–Trinajstić information content (AvgIpc) is 3.23. The number of amides is 1. The van der Waals surface area contributed by atoms with Gasteiger partial charge in [0.1, 0.15) is 11.5 Å². The van der Waals surface area contributed by atoms with Crippen LogP contribution in [0.5, 0.6) is 0 Å². The number of piperidine rings is 1. The zero-order valence-electron chi connectivity index (χ0n) is 16.9. The van der Waals surface area contributed by atoms with Crippen LogP contribution in [0.2, 0.25) is 10.0 Å². The molecule has 0 saturated carbocycles. The number of hydrogen-bond donors (Lipinski definition) is 0. The molecule has 2 unspecified atom stereocenters. The van der Waals surface area contributed by atoms with E-state index in [0.29, 0.717) is 54.2 Å². The van der Waals surface area contributed by atoms with Crippen LogP contribution in [0.3, 0.4) is 0 Å².